The number of hydrogen-bond donors (Lipinski definition) is 1. The van der Waals surface area contributed by atoms with Crippen LogP contribution in [0, 0.1) is 17.7 Å². The number of rotatable bonds is 7. The van der Waals surface area contributed by atoms with Crippen molar-refractivity contribution in [3.05, 3.63) is 30.1 Å². The summed E-state index contributed by atoms with van der Waals surface area (Å²) in [6, 6.07) is 6.95. The molecule has 102 valence electrons. The molecule has 0 aliphatic heterocycles. The largest absolute Gasteiger partial charge is 0.369 e. The Kier molecular flexibility index (Phi) is 6.13. The van der Waals surface area contributed by atoms with Gasteiger partial charge in [-0.05, 0) is 43.9 Å². The van der Waals surface area contributed by atoms with E-state index in [4.69, 9.17) is 5.73 Å². The van der Waals surface area contributed by atoms with E-state index >= 15 is 0 Å². The molecule has 1 aromatic carbocycles. The quantitative estimate of drug-likeness (QED) is 0.807. The maximum absolute atomic E-state index is 13.8. The van der Waals surface area contributed by atoms with Gasteiger partial charge in [-0.25, -0.2) is 4.39 Å². The first-order valence-electron chi connectivity index (χ1n) is 6.78. The number of para-hydroxylation sites is 1. The van der Waals surface area contributed by atoms with Gasteiger partial charge in [0.05, 0.1) is 5.69 Å². The lowest BCUT2D eigenvalue weighted by Gasteiger charge is -2.29. The molecule has 3 heteroatoms. The van der Waals surface area contributed by atoms with Gasteiger partial charge in [0.25, 0.3) is 0 Å². The fourth-order valence-electron chi connectivity index (χ4n) is 2.33. The summed E-state index contributed by atoms with van der Waals surface area (Å²) in [5.41, 5.74) is 6.50. The summed E-state index contributed by atoms with van der Waals surface area (Å²) in [4.78, 5) is 2.08. The monoisotopic (exact) mass is 252 g/mol. The molecule has 1 aromatic rings. The first kappa shape index (κ1) is 15.0. The van der Waals surface area contributed by atoms with Crippen molar-refractivity contribution in [3.8, 4) is 0 Å². The molecule has 0 heterocycles. The van der Waals surface area contributed by atoms with Crippen LogP contribution < -0.4 is 10.6 Å². The molecule has 0 aromatic heterocycles. The number of anilines is 1. The van der Waals surface area contributed by atoms with E-state index in [-0.39, 0.29) is 5.82 Å². The maximum Gasteiger partial charge on any atom is 0.146 e. The van der Waals surface area contributed by atoms with Gasteiger partial charge < -0.3 is 10.6 Å². The highest BCUT2D eigenvalue weighted by Crippen LogP contribution is 2.21. The maximum atomic E-state index is 13.8. The predicted molar refractivity (Wildman–Crippen MR) is 76.3 cm³/mol. The molecule has 0 saturated carbocycles. The van der Waals surface area contributed by atoms with E-state index in [1.807, 2.05) is 12.1 Å². The van der Waals surface area contributed by atoms with Crippen LogP contribution in [0.25, 0.3) is 0 Å². The second kappa shape index (κ2) is 7.37. The van der Waals surface area contributed by atoms with Crippen molar-refractivity contribution < 1.29 is 4.39 Å². The lowest BCUT2D eigenvalue weighted by atomic mass is 9.96. The number of hydrogen-bond acceptors (Lipinski definition) is 2. The fraction of sp³-hybridized carbons (Fsp3) is 0.600. The lowest BCUT2D eigenvalue weighted by Crippen LogP contribution is -2.34. The van der Waals surface area contributed by atoms with Gasteiger partial charge in [0, 0.05) is 13.1 Å². The van der Waals surface area contributed by atoms with Crippen LogP contribution in [0.5, 0.6) is 0 Å². The number of halogens is 1. The van der Waals surface area contributed by atoms with Gasteiger partial charge in [-0.2, -0.15) is 0 Å². The Morgan fingerprint density at radius 1 is 1.28 bits per heavy atom. The molecule has 1 rings (SSSR count). The van der Waals surface area contributed by atoms with Crippen LogP contribution in [0.1, 0.15) is 27.2 Å². The second-order valence-electron chi connectivity index (χ2n) is 5.22. The lowest BCUT2D eigenvalue weighted by molar-refractivity contribution is 0.414. The number of benzene rings is 1. The van der Waals surface area contributed by atoms with Crippen molar-refractivity contribution in [1.82, 2.24) is 0 Å². The summed E-state index contributed by atoms with van der Waals surface area (Å²) in [6.07, 6.45) is 1.08. The van der Waals surface area contributed by atoms with Gasteiger partial charge in [0.2, 0.25) is 0 Å². The molecule has 1 unspecified atom stereocenters. The minimum Gasteiger partial charge on any atom is -0.369 e. The van der Waals surface area contributed by atoms with Crippen LogP contribution >= 0.6 is 0 Å². The van der Waals surface area contributed by atoms with Crippen molar-refractivity contribution in [2.75, 3.05) is 24.5 Å². The third-order valence-corrected chi connectivity index (χ3v) is 3.19. The Bertz CT molecular complexity index is 352. The van der Waals surface area contributed by atoms with Gasteiger partial charge in [-0.3, -0.25) is 0 Å². The summed E-state index contributed by atoms with van der Waals surface area (Å²) in [5, 5.41) is 0. The molecule has 0 amide bonds. The molecule has 1 atom stereocenters. The predicted octanol–water partition coefficient (Wildman–Crippen LogP) is 3.27. The van der Waals surface area contributed by atoms with Crippen molar-refractivity contribution in [3.63, 3.8) is 0 Å². The zero-order valence-electron chi connectivity index (χ0n) is 11.7. The topological polar surface area (TPSA) is 29.3 Å². The van der Waals surface area contributed by atoms with Crippen molar-refractivity contribution in [2.24, 2.45) is 17.6 Å². The van der Waals surface area contributed by atoms with E-state index < -0.39 is 0 Å². The molecule has 0 aliphatic carbocycles. The molecule has 0 spiro atoms. The summed E-state index contributed by atoms with van der Waals surface area (Å²) in [7, 11) is 0. The van der Waals surface area contributed by atoms with Crippen LogP contribution in [0.2, 0.25) is 0 Å². The summed E-state index contributed by atoms with van der Waals surface area (Å²) < 4.78 is 13.8. The smallest absolute Gasteiger partial charge is 0.146 e. The zero-order chi connectivity index (χ0) is 13.5. The van der Waals surface area contributed by atoms with Gasteiger partial charge >= 0.3 is 0 Å². The van der Waals surface area contributed by atoms with E-state index in [9.17, 15) is 4.39 Å². The third-order valence-electron chi connectivity index (χ3n) is 3.19. The molecule has 2 N–H and O–H groups in total. The molecule has 2 nitrogen and oxygen atoms in total. The summed E-state index contributed by atoms with van der Waals surface area (Å²) >= 11 is 0. The fourth-order valence-corrected chi connectivity index (χ4v) is 2.33. The first-order valence-corrected chi connectivity index (χ1v) is 6.78. The molecular weight excluding hydrogens is 227 g/mol. The average Bonchev–Trinajstić information content (AvgIpc) is 2.35. The van der Waals surface area contributed by atoms with E-state index in [1.54, 1.807) is 6.07 Å². The Hall–Kier alpha value is -1.09. The summed E-state index contributed by atoms with van der Waals surface area (Å²) in [6.45, 7) is 8.73. The van der Waals surface area contributed by atoms with Gasteiger partial charge in [0.1, 0.15) is 5.82 Å². The molecule has 0 fully saturated rings. The molecule has 18 heavy (non-hydrogen) atoms. The molecule has 0 bridgehead atoms. The normalized spacial score (nSPS) is 12.8. The van der Waals surface area contributed by atoms with Crippen molar-refractivity contribution in [2.45, 2.75) is 27.2 Å². The van der Waals surface area contributed by atoms with E-state index in [0.29, 0.717) is 24.1 Å². The van der Waals surface area contributed by atoms with Gasteiger partial charge in [-0.15, -0.1) is 0 Å². The number of nitrogens with zero attached hydrogens (tertiary/aromatic N) is 1. The van der Waals surface area contributed by atoms with Crippen molar-refractivity contribution >= 4 is 5.69 Å². The van der Waals surface area contributed by atoms with E-state index in [0.717, 1.165) is 19.5 Å². The van der Waals surface area contributed by atoms with Crippen molar-refractivity contribution in [1.29, 1.82) is 0 Å². The highest BCUT2D eigenvalue weighted by molar-refractivity contribution is 5.47. The highest BCUT2D eigenvalue weighted by Gasteiger charge is 2.16. The van der Waals surface area contributed by atoms with Gasteiger partial charge in [-0.1, -0.05) is 26.0 Å². The Labute approximate surface area is 110 Å². The molecule has 0 aliphatic rings. The second-order valence-corrected chi connectivity index (χ2v) is 5.22. The molecule has 0 radical (unpaired) electrons. The minimum atomic E-state index is -0.153. The van der Waals surface area contributed by atoms with Crippen LogP contribution in [-0.4, -0.2) is 19.6 Å². The van der Waals surface area contributed by atoms with Crippen LogP contribution in [0.3, 0.4) is 0 Å². The van der Waals surface area contributed by atoms with Crippen LogP contribution in [0.4, 0.5) is 10.1 Å². The highest BCUT2D eigenvalue weighted by atomic mass is 19.1. The SMILES string of the molecule is CCN(CC(CN)CC(C)C)c1ccccc1F. The van der Waals surface area contributed by atoms with E-state index in [2.05, 4.69) is 25.7 Å². The van der Waals surface area contributed by atoms with E-state index in [1.165, 1.54) is 6.07 Å². The van der Waals surface area contributed by atoms with Gasteiger partial charge in [0.15, 0.2) is 0 Å². The van der Waals surface area contributed by atoms with Crippen LogP contribution in [0.15, 0.2) is 24.3 Å². The number of nitrogens with two attached hydrogens (primary N) is 1. The Morgan fingerprint density at radius 2 is 1.94 bits per heavy atom. The first-order chi connectivity index (χ1) is 8.58. The molecular formula is C15H25FN2. The Balaban J connectivity index is 2.75. The molecule has 0 saturated heterocycles. The third kappa shape index (κ3) is 4.30. The summed E-state index contributed by atoms with van der Waals surface area (Å²) in [5.74, 6) is 0.891. The minimum absolute atomic E-state index is 0.153. The average molecular weight is 252 g/mol. The Morgan fingerprint density at radius 3 is 2.44 bits per heavy atom. The standard InChI is InChI=1S/C15H25FN2/c1-4-18(11-13(10-17)9-12(2)3)15-8-6-5-7-14(15)16/h5-8,12-13H,4,9-11,17H2,1-3H3. The zero-order valence-corrected chi connectivity index (χ0v) is 11.7. The van der Waals surface area contributed by atoms with Crippen LogP contribution in [-0.2, 0) is 0 Å².